The summed E-state index contributed by atoms with van der Waals surface area (Å²) >= 11 is 0. The molecule has 2 rings (SSSR count). The van der Waals surface area contributed by atoms with Crippen molar-refractivity contribution in [1.29, 1.82) is 0 Å². The summed E-state index contributed by atoms with van der Waals surface area (Å²) in [6.45, 7) is 7.00. The summed E-state index contributed by atoms with van der Waals surface area (Å²) in [5.41, 5.74) is 0.212. The molecule has 1 saturated carbocycles. The number of hydrogen-bond acceptors (Lipinski definition) is 2. The molecule has 0 aromatic heterocycles. The molecule has 3 atom stereocenters. The predicted molar refractivity (Wildman–Crippen MR) is 59.2 cm³/mol. The summed E-state index contributed by atoms with van der Waals surface area (Å²) in [6.07, 6.45) is 1.57. The van der Waals surface area contributed by atoms with Gasteiger partial charge in [0, 0.05) is 6.54 Å². The summed E-state index contributed by atoms with van der Waals surface area (Å²) < 4.78 is 0. The van der Waals surface area contributed by atoms with Crippen LogP contribution in [0.2, 0.25) is 0 Å². The minimum atomic E-state index is -0.967. The maximum atomic E-state index is 11.1. The Morgan fingerprint density at radius 1 is 1.50 bits per heavy atom. The van der Waals surface area contributed by atoms with Crippen LogP contribution in [0, 0.1) is 16.7 Å². The molecule has 1 amide bonds. The van der Waals surface area contributed by atoms with Crippen molar-refractivity contribution in [3.63, 3.8) is 0 Å². The van der Waals surface area contributed by atoms with Gasteiger partial charge in [-0.05, 0) is 29.6 Å². The van der Waals surface area contributed by atoms with E-state index >= 15 is 0 Å². The van der Waals surface area contributed by atoms with E-state index in [9.17, 15) is 9.59 Å². The van der Waals surface area contributed by atoms with E-state index in [2.05, 4.69) is 20.8 Å². The highest BCUT2D eigenvalue weighted by Crippen LogP contribution is 2.67. The Bertz CT molecular complexity index is 334. The molecule has 0 aromatic rings. The highest BCUT2D eigenvalue weighted by molar-refractivity contribution is 5.72. The Labute approximate surface area is 95.6 Å². The average Bonchev–Trinajstić information content (AvgIpc) is 2.88. The molecule has 90 valence electrons. The van der Waals surface area contributed by atoms with Crippen molar-refractivity contribution < 1.29 is 14.7 Å². The summed E-state index contributed by atoms with van der Waals surface area (Å²) in [4.78, 5) is 23.3. The molecule has 2 aliphatic rings. The maximum Gasteiger partial charge on any atom is 0.407 e. The second-order valence-electron chi connectivity index (χ2n) is 6.16. The molecule has 1 N–H and O–H groups in total. The number of piperidine rings is 1. The van der Waals surface area contributed by atoms with Crippen LogP contribution < -0.4 is 0 Å². The van der Waals surface area contributed by atoms with Gasteiger partial charge < -0.3 is 9.90 Å². The van der Waals surface area contributed by atoms with E-state index in [1.807, 2.05) is 0 Å². The van der Waals surface area contributed by atoms with Crippen molar-refractivity contribution in [2.45, 2.75) is 39.7 Å². The van der Waals surface area contributed by atoms with Crippen LogP contribution in [0.25, 0.3) is 0 Å². The van der Waals surface area contributed by atoms with Crippen LogP contribution in [0.4, 0.5) is 4.79 Å². The van der Waals surface area contributed by atoms with Gasteiger partial charge in [-0.2, -0.15) is 0 Å². The number of rotatable bonds is 1. The number of amides is 1. The zero-order valence-corrected chi connectivity index (χ0v) is 10.1. The lowest BCUT2D eigenvalue weighted by Crippen LogP contribution is -2.50. The molecule has 4 heteroatoms. The first-order chi connectivity index (χ1) is 7.32. The van der Waals surface area contributed by atoms with Crippen LogP contribution in [0.1, 0.15) is 33.6 Å². The second kappa shape index (κ2) is 3.22. The van der Waals surface area contributed by atoms with Crippen molar-refractivity contribution in [2.75, 3.05) is 6.54 Å². The van der Waals surface area contributed by atoms with Gasteiger partial charge in [0.1, 0.15) is 6.29 Å². The minimum Gasteiger partial charge on any atom is -0.465 e. The predicted octanol–water partition coefficient (Wildman–Crippen LogP) is 1.99. The zero-order chi connectivity index (χ0) is 12.1. The van der Waals surface area contributed by atoms with Gasteiger partial charge in [-0.25, -0.2) is 4.79 Å². The number of carboxylic acid groups (broad SMARTS) is 1. The summed E-state index contributed by atoms with van der Waals surface area (Å²) in [7, 11) is 0. The number of fused-ring (bicyclic) bond motifs is 1. The number of nitrogens with zero attached hydrogens (tertiary/aromatic N) is 1. The van der Waals surface area contributed by atoms with E-state index < -0.39 is 12.1 Å². The first-order valence-corrected chi connectivity index (χ1v) is 5.77. The molecule has 0 bridgehead atoms. The van der Waals surface area contributed by atoms with Crippen molar-refractivity contribution in [3.8, 4) is 0 Å². The van der Waals surface area contributed by atoms with E-state index in [4.69, 9.17) is 5.11 Å². The fourth-order valence-electron chi connectivity index (χ4n) is 3.22. The van der Waals surface area contributed by atoms with Gasteiger partial charge in [0.15, 0.2) is 0 Å². The molecule has 1 aliphatic heterocycles. The van der Waals surface area contributed by atoms with E-state index in [0.29, 0.717) is 18.9 Å². The fraction of sp³-hybridized carbons (Fsp3) is 0.833. The van der Waals surface area contributed by atoms with Crippen molar-refractivity contribution in [1.82, 2.24) is 4.90 Å². The van der Waals surface area contributed by atoms with Crippen LogP contribution >= 0.6 is 0 Å². The molecular formula is C12H19NO3. The van der Waals surface area contributed by atoms with Gasteiger partial charge in [0.05, 0.1) is 6.04 Å². The first-order valence-electron chi connectivity index (χ1n) is 5.77. The molecule has 3 unspecified atom stereocenters. The fourth-order valence-corrected chi connectivity index (χ4v) is 3.22. The molecule has 0 aromatic carbocycles. The third-order valence-electron chi connectivity index (χ3n) is 4.51. The highest BCUT2D eigenvalue weighted by atomic mass is 16.4. The Kier molecular flexibility index (Phi) is 2.30. The Morgan fingerprint density at radius 2 is 2.12 bits per heavy atom. The van der Waals surface area contributed by atoms with E-state index in [1.165, 1.54) is 4.90 Å². The third-order valence-corrected chi connectivity index (χ3v) is 4.51. The Morgan fingerprint density at radius 3 is 2.56 bits per heavy atom. The molecule has 0 radical (unpaired) electrons. The lowest BCUT2D eigenvalue weighted by atomic mass is 9.73. The molecule has 2 fully saturated rings. The van der Waals surface area contributed by atoms with Crippen LogP contribution in [0.3, 0.4) is 0 Å². The summed E-state index contributed by atoms with van der Waals surface area (Å²) in [5, 5.41) is 9.12. The highest BCUT2D eigenvalue weighted by Gasteiger charge is 2.64. The average molecular weight is 225 g/mol. The minimum absolute atomic E-state index is 0.102. The lowest BCUT2D eigenvalue weighted by Gasteiger charge is -2.41. The van der Waals surface area contributed by atoms with E-state index in [1.54, 1.807) is 0 Å². The number of aldehydes is 1. The number of hydrogen-bond donors (Lipinski definition) is 1. The van der Waals surface area contributed by atoms with Gasteiger partial charge >= 0.3 is 6.09 Å². The Hall–Kier alpha value is -1.06. The first kappa shape index (κ1) is 11.4. The number of carbonyl (C=O) groups is 2. The lowest BCUT2D eigenvalue weighted by molar-refractivity contribution is -0.114. The van der Waals surface area contributed by atoms with Crippen molar-refractivity contribution >= 4 is 12.4 Å². The largest absolute Gasteiger partial charge is 0.465 e. The standard InChI is InChI=1S/C12H19NO3/c1-11(2,3)12-5-8(12)4-9(6-14)13(7-12)10(15)16/h6,8-9H,4-5,7H2,1-3H3,(H,15,16). The third kappa shape index (κ3) is 1.43. The Balaban J connectivity index is 2.22. The second-order valence-corrected chi connectivity index (χ2v) is 6.16. The van der Waals surface area contributed by atoms with E-state index in [0.717, 1.165) is 12.7 Å². The SMILES string of the molecule is CC(C)(C)C12CC1CC(C=O)N(C(=O)O)C2. The van der Waals surface area contributed by atoms with Gasteiger partial charge in [-0.15, -0.1) is 0 Å². The van der Waals surface area contributed by atoms with Crippen molar-refractivity contribution in [2.24, 2.45) is 16.7 Å². The van der Waals surface area contributed by atoms with Gasteiger partial charge in [-0.1, -0.05) is 20.8 Å². The smallest absolute Gasteiger partial charge is 0.407 e. The number of likely N-dealkylation sites (tertiary alicyclic amines) is 1. The monoisotopic (exact) mass is 225 g/mol. The summed E-state index contributed by atoms with van der Waals surface area (Å²) in [5.74, 6) is 0.526. The molecular weight excluding hydrogens is 206 g/mol. The molecule has 1 saturated heterocycles. The molecule has 1 heterocycles. The van der Waals surface area contributed by atoms with Crippen LogP contribution in [-0.2, 0) is 4.79 Å². The van der Waals surface area contributed by atoms with Crippen molar-refractivity contribution in [3.05, 3.63) is 0 Å². The normalized spacial score (nSPS) is 37.8. The molecule has 0 spiro atoms. The quantitative estimate of drug-likeness (QED) is 0.694. The van der Waals surface area contributed by atoms with Gasteiger partial charge in [-0.3, -0.25) is 4.90 Å². The summed E-state index contributed by atoms with van der Waals surface area (Å²) in [6, 6.07) is -0.430. The zero-order valence-electron chi connectivity index (χ0n) is 10.1. The number of carbonyl (C=O) groups excluding carboxylic acids is 1. The maximum absolute atomic E-state index is 11.1. The van der Waals surface area contributed by atoms with E-state index in [-0.39, 0.29) is 10.8 Å². The van der Waals surface area contributed by atoms with Gasteiger partial charge in [0.25, 0.3) is 0 Å². The topological polar surface area (TPSA) is 57.6 Å². The van der Waals surface area contributed by atoms with Crippen LogP contribution in [-0.4, -0.2) is 35.0 Å². The molecule has 1 aliphatic carbocycles. The molecule has 4 nitrogen and oxygen atoms in total. The van der Waals surface area contributed by atoms with Crippen LogP contribution in [0.15, 0.2) is 0 Å². The molecule has 16 heavy (non-hydrogen) atoms. The van der Waals surface area contributed by atoms with Gasteiger partial charge in [0.2, 0.25) is 0 Å². The van der Waals surface area contributed by atoms with Crippen LogP contribution in [0.5, 0.6) is 0 Å².